The fourth-order valence-corrected chi connectivity index (χ4v) is 4.09. The largest absolute Gasteiger partial charge is 0.273 e. The third-order valence-electron chi connectivity index (χ3n) is 5.03. The maximum atomic E-state index is 12.2. The molecule has 20 heavy (non-hydrogen) atoms. The van der Waals surface area contributed by atoms with E-state index in [1.54, 1.807) is 11.0 Å². The van der Waals surface area contributed by atoms with Crippen molar-refractivity contribution in [2.45, 2.75) is 32.1 Å². The van der Waals surface area contributed by atoms with E-state index >= 15 is 0 Å². The average molecular weight is 269 g/mol. The molecule has 2 aromatic rings. The molecule has 4 rings (SSSR count). The Labute approximate surface area is 118 Å². The third kappa shape index (κ3) is 1.99. The summed E-state index contributed by atoms with van der Waals surface area (Å²) in [5.74, 6) is 2.41. The first-order chi connectivity index (χ1) is 9.79. The molecule has 2 bridgehead atoms. The summed E-state index contributed by atoms with van der Waals surface area (Å²) in [7, 11) is 0. The van der Waals surface area contributed by atoms with Gasteiger partial charge in [0.2, 0.25) is 5.91 Å². The fourth-order valence-electron chi connectivity index (χ4n) is 4.09. The summed E-state index contributed by atoms with van der Waals surface area (Å²) in [4.78, 5) is 16.5. The summed E-state index contributed by atoms with van der Waals surface area (Å²) in [5, 5.41) is 0. The van der Waals surface area contributed by atoms with Crippen molar-refractivity contribution in [1.82, 2.24) is 9.66 Å². The van der Waals surface area contributed by atoms with Gasteiger partial charge in [0.25, 0.3) is 0 Å². The molecule has 4 nitrogen and oxygen atoms in total. The van der Waals surface area contributed by atoms with Crippen LogP contribution >= 0.6 is 0 Å². The first-order valence-electron chi connectivity index (χ1n) is 7.51. The highest BCUT2D eigenvalue weighted by Crippen LogP contribution is 2.49. The summed E-state index contributed by atoms with van der Waals surface area (Å²) >= 11 is 0. The molecule has 3 unspecified atom stereocenters. The van der Waals surface area contributed by atoms with Crippen molar-refractivity contribution in [2.24, 2.45) is 17.8 Å². The molecule has 1 aromatic carbocycles. The van der Waals surface area contributed by atoms with Crippen molar-refractivity contribution >= 4 is 16.9 Å². The Morgan fingerprint density at radius 1 is 1.30 bits per heavy atom. The maximum absolute atomic E-state index is 12.2. The zero-order valence-corrected chi connectivity index (χ0v) is 11.5. The normalized spacial score (nSPS) is 28.1. The molecule has 1 aromatic heterocycles. The molecule has 1 amide bonds. The topological polar surface area (TPSA) is 46.9 Å². The minimum absolute atomic E-state index is 0.116. The summed E-state index contributed by atoms with van der Waals surface area (Å²) in [6, 6.07) is 7.84. The number of para-hydroxylation sites is 2. The Hall–Kier alpha value is -1.84. The van der Waals surface area contributed by atoms with Crippen molar-refractivity contribution in [3.05, 3.63) is 30.6 Å². The van der Waals surface area contributed by atoms with Gasteiger partial charge in [0.1, 0.15) is 6.33 Å². The quantitative estimate of drug-likeness (QED) is 0.931. The van der Waals surface area contributed by atoms with Crippen LogP contribution in [0, 0.1) is 17.8 Å². The van der Waals surface area contributed by atoms with Gasteiger partial charge >= 0.3 is 0 Å². The highest BCUT2D eigenvalue weighted by Gasteiger charge is 2.40. The van der Waals surface area contributed by atoms with Crippen LogP contribution < -0.4 is 5.43 Å². The molecule has 0 saturated heterocycles. The van der Waals surface area contributed by atoms with Gasteiger partial charge in [0.15, 0.2) is 0 Å². The highest BCUT2D eigenvalue weighted by atomic mass is 16.2. The number of benzene rings is 1. The van der Waals surface area contributed by atoms with E-state index in [1.807, 2.05) is 24.3 Å². The second-order valence-electron chi connectivity index (χ2n) is 6.28. The molecule has 1 heterocycles. The molecule has 2 fully saturated rings. The van der Waals surface area contributed by atoms with Crippen LogP contribution in [-0.4, -0.2) is 15.6 Å². The summed E-state index contributed by atoms with van der Waals surface area (Å²) in [6.45, 7) is 0. The van der Waals surface area contributed by atoms with Crippen molar-refractivity contribution in [2.75, 3.05) is 5.43 Å². The van der Waals surface area contributed by atoms with E-state index in [2.05, 4.69) is 10.4 Å². The molecular formula is C16H19N3O. The molecule has 3 atom stereocenters. The van der Waals surface area contributed by atoms with Crippen LogP contribution in [0.25, 0.3) is 11.0 Å². The van der Waals surface area contributed by atoms with Gasteiger partial charge in [0, 0.05) is 6.42 Å². The molecule has 2 aliphatic carbocycles. The van der Waals surface area contributed by atoms with Crippen LogP contribution in [0.15, 0.2) is 30.6 Å². The van der Waals surface area contributed by atoms with E-state index in [0.29, 0.717) is 12.3 Å². The Bertz CT molecular complexity index is 648. The third-order valence-corrected chi connectivity index (χ3v) is 5.03. The molecule has 0 aliphatic heterocycles. The lowest BCUT2D eigenvalue weighted by molar-refractivity contribution is -0.118. The Morgan fingerprint density at radius 3 is 3.00 bits per heavy atom. The Balaban J connectivity index is 1.45. The van der Waals surface area contributed by atoms with E-state index in [1.165, 1.54) is 25.7 Å². The standard InChI is InChI=1S/C16H19N3O/c20-16(9-13-8-11-5-6-12(13)7-11)18-19-10-17-14-3-1-2-4-15(14)19/h1-4,10-13H,5-9H2,(H,18,20). The van der Waals surface area contributed by atoms with Crippen molar-refractivity contribution < 1.29 is 4.79 Å². The minimum atomic E-state index is 0.116. The van der Waals surface area contributed by atoms with Crippen molar-refractivity contribution in [3.63, 3.8) is 0 Å². The van der Waals surface area contributed by atoms with Crippen LogP contribution in [0.5, 0.6) is 0 Å². The van der Waals surface area contributed by atoms with Gasteiger partial charge in [-0.2, -0.15) is 0 Å². The number of hydrogen-bond donors (Lipinski definition) is 1. The molecule has 0 spiro atoms. The number of aromatic nitrogens is 2. The highest BCUT2D eigenvalue weighted by molar-refractivity contribution is 5.86. The van der Waals surface area contributed by atoms with Crippen molar-refractivity contribution in [3.8, 4) is 0 Å². The molecule has 1 N–H and O–H groups in total. The molecular weight excluding hydrogens is 250 g/mol. The van der Waals surface area contributed by atoms with Gasteiger partial charge in [-0.25, -0.2) is 9.66 Å². The van der Waals surface area contributed by atoms with Crippen LogP contribution in [0.4, 0.5) is 0 Å². The number of hydrogen-bond acceptors (Lipinski definition) is 2. The first kappa shape index (κ1) is 11.9. The van der Waals surface area contributed by atoms with E-state index in [9.17, 15) is 4.79 Å². The van der Waals surface area contributed by atoms with Crippen LogP contribution in [-0.2, 0) is 4.79 Å². The van der Waals surface area contributed by atoms with E-state index in [0.717, 1.165) is 22.9 Å². The van der Waals surface area contributed by atoms with Gasteiger partial charge in [-0.3, -0.25) is 10.2 Å². The van der Waals surface area contributed by atoms with Crippen molar-refractivity contribution in [1.29, 1.82) is 0 Å². The van der Waals surface area contributed by atoms with Crippen LogP contribution in [0.2, 0.25) is 0 Å². The number of rotatable bonds is 3. The second-order valence-corrected chi connectivity index (χ2v) is 6.28. The lowest BCUT2D eigenvalue weighted by Gasteiger charge is -2.21. The smallest absolute Gasteiger partial charge is 0.239 e. The molecule has 2 aliphatic rings. The first-order valence-corrected chi connectivity index (χ1v) is 7.51. The zero-order valence-electron chi connectivity index (χ0n) is 11.5. The Kier molecular flexibility index (Phi) is 2.76. The van der Waals surface area contributed by atoms with Gasteiger partial charge < -0.3 is 0 Å². The summed E-state index contributed by atoms with van der Waals surface area (Å²) in [6.07, 6.45) is 7.66. The number of carbonyl (C=O) groups is 1. The number of nitrogens with one attached hydrogen (secondary N) is 1. The average Bonchev–Trinajstić information content (AvgIpc) is 3.14. The number of amides is 1. The fraction of sp³-hybridized carbons (Fsp3) is 0.500. The minimum Gasteiger partial charge on any atom is -0.273 e. The number of carbonyl (C=O) groups excluding carboxylic acids is 1. The van der Waals surface area contributed by atoms with Gasteiger partial charge in [-0.1, -0.05) is 18.6 Å². The van der Waals surface area contributed by atoms with Crippen LogP contribution in [0.1, 0.15) is 32.1 Å². The number of fused-ring (bicyclic) bond motifs is 3. The molecule has 4 heteroatoms. The number of nitrogens with zero attached hydrogens (tertiary/aromatic N) is 2. The molecule has 2 saturated carbocycles. The Morgan fingerprint density at radius 2 is 2.20 bits per heavy atom. The van der Waals surface area contributed by atoms with E-state index in [-0.39, 0.29) is 5.91 Å². The van der Waals surface area contributed by atoms with Gasteiger partial charge in [-0.15, -0.1) is 0 Å². The number of imidazole rings is 1. The predicted octanol–water partition coefficient (Wildman–Crippen LogP) is 2.93. The lowest BCUT2D eigenvalue weighted by Crippen LogP contribution is -2.26. The monoisotopic (exact) mass is 269 g/mol. The maximum Gasteiger partial charge on any atom is 0.239 e. The second kappa shape index (κ2) is 4.62. The van der Waals surface area contributed by atoms with E-state index in [4.69, 9.17) is 0 Å². The summed E-state index contributed by atoms with van der Waals surface area (Å²) < 4.78 is 1.74. The molecule has 0 radical (unpaired) electrons. The molecule has 104 valence electrons. The SMILES string of the molecule is O=C(CC1CC2CCC1C2)Nn1cnc2ccccc21. The zero-order chi connectivity index (χ0) is 13.5. The van der Waals surface area contributed by atoms with Gasteiger partial charge in [-0.05, 0) is 49.1 Å². The van der Waals surface area contributed by atoms with Crippen LogP contribution in [0.3, 0.4) is 0 Å². The van der Waals surface area contributed by atoms with Gasteiger partial charge in [0.05, 0.1) is 11.0 Å². The predicted molar refractivity (Wildman–Crippen MR) is 77.7 cm³/mol. The lowest BCUT2D eigenvalue weighted by atomic mass is 9.86. The summed E-state index contributed by atoms with van der Waals surface area (Å²) in [5.41, 5.74) is 4.83. The van der Waals surface area contributed by atoms with E-state index < -0.39 is 0 Å².